The van der Waals surface area contributed by atoms with Gasteiger partial charge in [0.05, 0.1) is 0 Å². The van der Waals surface area contributed by atoms with Gasteiger partial charge in [0.25, 0.3) is 0 Å². The minimum Gasteiger partial charge on any atom is -0.851 e. The first kappa shape index (κ1) is 6.59. The third-order valence-corrected chi connectivity index (χ3v) is 1.48. The molecule has 0 fully saturated rings. The Balaban J connectivity index is 3.01. The number of hydrogen-bond donors (Lipinski definition) is 0. The first-order valence-electron chi connectivity index (χ1n) is 2.66. The maximum atomic E-state index is 10.3. The summed E-state index contributed by atoms with van der Waals surface area (Å²) >= 11 is 5.62. The number of benzene rings is 1. The van der Waals surface area contributed by atoms with Crippen LogP contribution in [0.15, 0.2) is 24.3 Å². The first-order chi connectivity index (χ1) is 4.34. The zero-order chi connectivity index (χ0) is 6.69. The molecule has 0 N–H and O–H groups in total. The highest BCUT2D eigenvalue weighted by atomic mass is 35.5. The highest BCUT2D eigenvalue weighted by molar-refractivity contribution is 6.31. The highest BCUT2D eigenvalue weighted by Gasteiger charge is 1.88. The quantitative estimate of drug-likeness (QED) is 0.577. The van der Waals surface area contributed by atoms with Crippen molar-refractivity contribution in [2.45, 2.75) is 6.61 Å². The molecule has 1 nitrogen and oxygen atoms in total. The van der Waals surface area contributed by atoms with Crippen molar-refractivity contribution in [2.75, 3.05) is 0 Å². The fraction of sp³-hybridized carbons (Fsp3) is 0.143. The Kier molecular flexibility index (Phi) is 2.09. The van der Waals surface area contributed by atoms with E-state index < -0.39 is 0 Å². The molecular weight excluding hydrogens is 136 g/mol. The summed E-state index contributed by atoms with van der Waals surface area (Å²) in [5.74, 6) is 0. The predicted octanol–water partition coefficient (Wildman–Crippen LogP) is 1.20. The van der Waals surface area contributed by atoms with Gasteiger partial charge in [-0.15, -0.1) is 6.61 Å². The molecule has 2 heteroatoms. The molecule has 0 aliphatic heterocycles. The van der Waals surface area contributed by atoms with Crippen LogP contribution in [-0.4, -0.2) is 0 Å². The second-order valence-corrected chi connectivity index (χ2v) is 2.14. The zero-order valence-electron chi connectivity index (χ0n) is 4.80. The van der Waals surface area contributed by atoms with E-state index in [1.165, 1.54) is 0 Å². The summed E-state index contributed by atoms with van der Waals surface area (Å²) < 4.78 is 0. The largest absolute Gasteiger partial charge is 0.851 e. The molecule has 0 amide bonds. The van der Waals surface area contributed by atoms with E-state index in [2.05, 4.69) is 0 Å². The fourth-order valence-corrected chi connectivity index (χ4v) is 0.806. The van der Waals surface area contributed by atoms with E-state index in [9.17, 15) is 5.11 Å². The van der Waals surface area contributed by atoms with Crippen LogP contribution in [0, 0.1) is 0 Å². The average molecular weight is 142 g/mol. The van der Waals surface area contributed by atoms with Crippen molar-refractivity contribution >= 4 is 11.6 Å². The standard InChI is InChI=1S/C7H6ClO/c8-7-4-2-1-3-6(7)5-9/h1-4H,5H2/q-1. The number of halogens is 1. The lowest BCUT2D eigenvalue weighted by Crippen LogP contribution is -2.02. The third kappa shape index (κ3) is 1.44. The summed E-state index contributed by atoms with van der Waals surface area (Å²) in [4.78, 5) is 0. The van der Waals surface area contributed by atoms with Gasteiger partial charge in [-0.1, -0.05) is 29.8 Å². The van der Waals surface area contributed by atoms with E-state index in [0.717, 1.165) is 0 Å². The number of hydrogen-bond acceptors (Lipinski definition) is 1. The summed E-state index contributed by atoms with van der Waals surface area (Å²) in [5, 5.41) is 10.8. The molecule has 0 spiro atoms. The summed E-state index contributed by atoms with van der Waals surface area (Å²) in [6, 6.07) is 7.06. The lowest BCUT2D eigenvalue weighted by atomic mass is 10.2. The molecule has 0 atom stereocenters. The molecule has 0 aliphatic rings. The molecule has 48 valence electrons. The van der Waals surface area contributed by atoms with Crippen LogP contribution in [0.4, 0.5) is 0 Å². The molecule has 1 rings (SSSR count). The van der Waals surface area contributed by atoms with E-state index in [0.29, 0.717) is 10.6 Å². The van der Waals surface area contributed by atoms with Gasteiger partial charge >= 0.3 is 0 Å². The molecule has 0 heterocycles. The van der Waals surface area contributed by atoms with Gasteiger partial charge in [-0.05, 0) is 11.6 Å². The predicted molar refractivity (Wildman–Crippen MR) is 35.2 cm³/mol. The lowest BCUT2D eigenvalue weighted by Gasteiger charge is -2.04. The molecule has 0 saturated heterocycles. The monoisotopic (exact) mass is 141 g/mol. The van der Waals surface area contributed by atoms with E-state index in [1.807, 2.05) is 6.07 Å². The van der Waals surface area contributed by atoms with Gasteiger partial charge in [-0.2, -0.15) is 0 Å². The molecule has 1 aromatic carbocycles. The maximum Gasteiger partial charge on any atom is 0.0424 e. The molecule has 0 aromatic heterocycles. The normalized spacial score (nSPS) is 9.56. The van der Waals surface area contributed by atoms with Crippen molar-refractivity contribution in [3.8, 4) is 0 Å². The fourth-order valence-electron chi connectivity index (χ4n) is 0.615. The minimum absolute atomic E-state index is 0.236. The number of rotatable bonds is 1. The van der Waals surface area contributed by atoms with Gasteiger partial charge in [0.2, 0.25) is 0 Å². The van der Waals surface area contributed by atoms with Crippen LogP contribution < -0.4 is 5.11 Å². The molecule has 0 unspecified atom stereocenters. The van der Waals surface area contributed by atoms with Crippen LogP contribution in [-0.2, 0) is 6.61 Å². The Morgan fingerprint density at radius 2 is 2.00 bits per heavy atom. The Morgan fingerprint density at radius 1 is 1.33 bits per heavy atom. The summed E-state index contributed by atoms with van der Waals surface area (Å²) in [6.07, 6.45) is 0. The molecular formula is C7H6ClO-. The summed E-state index contributed by atoms with van der Waals surface area (Å²) in [5.41, 5.74) is 0.666. The second kappa shape index (κ2) is 2.85. The van der Waals surface area contributed by atoms with Crippen molar-refractivity contribution in [3.63, 3.8) is 0 Å². The Bertz CT molecular complexity index is 198. The van der Waals surface area contributed by atoms with Crippen molar-refractivity contribution in [1.82, 2.24) is 0 Å². The topological polar surface area (TPSA) is 23.1 Å². The third-order valence-electron chi connectivity index (χ3n) is 1.11. The van der Waals surface area contributed by atoms with Gasteiger partial charge in [0, 0.05) is 5.02 Å². The highest BCUT2D eigenvalue weighted by Crippen LogP contribution is 2.12. The first-order valence-corrected chi connectivity index (χ1v) is 3.04. The van der Waals surface area contributed by atoms with Crippen molar-refractivity contribution in [3.05, 3.63) is 34.9 Å². The van der Waals surface area contributed by atoms with E-state index in [-0.39, 0.29) is 6.61 Å². The van der Waals surface area contributed by atoms with Crippen molar-refractivity contribution < 1.29 is 5.11 Å². The smallest absolute Gasteiger partial charge is 0.0424 e. The van der Waals surface area contributed by atoms with Gasteiger partial charge < -0.3 is 5.11 Å². The van der Waals surface area contributed by atoms with Gasteiger partial charge in [0.15, 0.2) is 0 Å². The van der Waals surface area contributed by atoms with E-state index >= 15 is 0 Å². The van der Waals surface area contributed by atoms with E-state index in [4.69, 9.17) is 11.6 Å². The minimum atomic E-state index is -0.236. The SMILES string of the molecule is [O-]Cc1ccccc1Cl. The Morgan fingerprint density at radius 3 is 2.44 bits per heavy atom. The van der Waals surface area contributed by atoms with Gasteiger partial charge in [-0.3, -0.25) is 0 Å². The van der Waals surface area contributed by atoms with Crippen LogP contribution in [0.5, 0.6) is 0 Å². The van der Waals surface area contributed by atoms with Crippen molar-refractivity contribution in [2.24, 2.45) is 0 Å². The average Bonchev–Trinajstić information content (AvgIpc) is 1.89. The molecule has 9 heavy (non-hydrogen) atoms. The zero-order valence-corrected chi connectivity index (χ0v) is 5.56. The Labute approximate surface area is 58.9 Å². The van der Waals surface area contributed by atoms with Crippen LogP contribution in [0.3, 0.4) is 0 Å². The molecule has 1 aromatic rings. The summed E-state index contributed by atoms with van der Waals surface area (Å²) in [6.45, 7) is -0.236. The van der Waals surface area contributed by atoms with Gasteiger partial charge in [-0.25, -0.2) is 0 Å². The molecule has 0 aliphatic carbocycles. The van der Waals surface area contributed by atoms with E-state index in [1.54, 1.807) is 18.2 Å². The van der Waals surface area contributed by atoms with Crippen LogP contribution in [0.2, 0.25) is 5.02 Å². The molecule has 0 bridgehead atoms. The van der Waals surface area contributed by atoms with Crippen LogP contribution >= 0.6 is 11.6 Å². The molecule has 0 radical (unpaired) electrons. The van der Waals surface area contributed by atoms with Crippen molar-refractivity contribution in [1.29, 1.82) is 0 Å². The molecule has 0 saturated carbocycles. The lowest BCUT2D eigenvalue weighted by molar-refractivity contribution is -0.386. The Hall–Kier alpha value is -0.530. The maximum absolute atomic E-state index is 10.3. The summed E-state index contributed by atoms with van der Waals surface area (Å²) in [7, 11) is 0. The van der Waals surface area contributed by atoms with Crippen LogP contribution in [0.1, 0.15) is 5.56 Å². The van der Waals surface area contributed by atoms with Crippen LogP contribution in [0.25, 0.3) is 0 Å². The van der Waals surface area contributed by atoms with Gasteiger partial charge in [0.1, 0.15) is 0 Å². The second-order valence-electron chi connectivity index (χ2n) is 1.74.